The largest absolute Gasteiger partial charge is 0.490 e. The third-order valence-corrected chi connectivity index (χ3v) is 4.43. The van der Waals surface area contributed by atoms with Crippen molar-refractivity contribution in [1.29, 1.82) is 0 Å². The van der Waals surface area contributed by atoms with Crippen LogP contribution in [0.3, 0.4) is 0 Å². The number of nitrogens with zero attached hydrogens (tertiary/aromatic N) is 1. The lowest BCUT2D eigenvalue weighted by molar-refractivity contribution is -0.125. The van der Waals surface area contributed by atoms with E-state index in [1.54, 1.807) is 0 Å². The molecule has 1 aromatic carbocycles. The summed E-state index contributed by atoms with van der Waals surface area (Å²) in [7, 11) is 0. The minimum atomic E-state index is -0.706. The van der Waals surface area contributed by atoms with Crippen molar-refractivity contribution in [3.8, 4) is 5.75 Å². The van der Waals surface area contributed by atoms with Crippen molar-refractivity contribution in [2.24, 2.45) is 11.7 Å². The van der Waals surface area contributed by atoms with Gasteiger partial charge >= 0.3 is 0 Å². The molecule has 1 heterocycles. The molecule has 1 amide bonds. The van der Waals surface area contributed by atoms with Crippen LogP contribution in [0.2, 0.25) is 0 Å². The van der Waals surface area contributed by atoms with Crippen LogP contribution in [0, 0.1) is 5.92 Å². The van der Waals surface area contributed by atoms with Gasteiger partial charge in [0, 0.05) is 0 Å². The molecule has 108 valence electrons. The smallest absolute Gasteiger partial charge is 0.247 e. The van der Waals surface area contributed by atoms with Crippen LogP contribution in [-0.2, 0) is 4.79 Å². The molecule has 1 fully saturated rings. The van der Waals surface area contributed by atoms with Gasteiger partial charge in [-0.1, -0.05) is 31.9 Å². The number of carbonyl (C=O) groups excluding carboxylic acids is 1. The van der Waals surface area contributed by atoms with Gasteiger partial charge in [0.25, 0.3) is 0 Å². The topological polar surface area (TPSA) is 55.6 Å². The van der Waals surface area contributed by atoms with Gasteiger partial charge in [-0.25, -0.2) is 0 Å². The first-order valence-corrected chi connectivity index (χ1v) is 7.43. The van der Waals surface area contributed by atoms with Crippen LogP contribution in [0.4, 0.5) is 5.69 Å². The van der Waals surface area contributed by atoms with E-state index in [0.29, 0.717) is 19.1 Å². The number of hydrogen-bond acceptors (Lipinski definition) is 3. The second-order valence-electron chi connectivity index (χ2n) is 6.13. The Morgan fingerprint density at radius 3 is 3.05 bits per heavy atom. The van der Waals surface area contributed by atoms with Crippen LogP contribution >= 0.6 is 0 Å². The fraction of sp³-hybridized carbons (Fsp3) is 0.562. The van der Waals surface area contributed by atoms with E-state index in [1.165, 1.54) is 6.42 Å². The average Bonchev–Trinajstić information content (AvgIpc) is 2.45. The van der Waals surface area contributed by atoms with Crippen molar-refractivity contribution in [2.75, 3.05) is 18.1 Å². The summed E-state index contributed by atoms with van der Waals surface area (Å²) in [6.45, 7) is 3.30. The molecule has 1 aliphatic heterocycles. The molecule has 0 bridgehead atoms. The predicted molar refractivity (Wildman–Crippen MR) is 78.8 cm³/mol. The van der Waals surface area contributed by atoms with Gasteiger partial charge in [0.05, 0.1) is 17.8 Å². The average molecular weight is 274 g/mol. The number of para-hydroxylation sites is 2. The lowest BCUT2D eigenvalue weighted by Gasteiger charge is -2.40. The summed E-state index contributed by atoms with van der Waals surface area (Å²) in [6, 6.07) is 7.69. The standard InChI is InChI=1S/C16H22N2O2/c1-12-5-4-8-16(17,11-12)15(19)18-9-10-20-14-7-3-2-6-13(14)18/h2-3,6-7,12H,4-5,8-11,17H2,1H3. The molecule has 2 N–H and O–H groups in total. The Morgan fingerprint density at radius 2 is 2.25 bits per heavy atom. The third-order valence-electron chi connectivity index (χ3n) is 4.43. The Kier molecular flexibility index (Phi) is 3.42. The first-order chi connectivity index (χ1) is 9.60. The monoisotopic (exact) mass is 274 g/mol. The van der Waals surface area contributed by atoms with Gasteiger partial charge in [-0.3, -0.25) is 4.79 Å². The van der Waals surface area contributed by atoms with Crippen molar-refractivity contribution in [2.45, 2.75) is 38.1 Å². The van der Waals surface area contributed by atoms with E-state index >= 15 is 0 Å². The number of hydrogen-bond donors (Lipinski definition) is 1. The van der Waals surface area contributed by atoms with Crippen LogP contribution in [0.1, 0.15) is 32.6 Å². The van der Waals surface area contributed by atoms with Crippen molar-refractivity contribution in [3.05, 3.63) is 24.3 Å². The molecular weight excluding hydrogens is 252 g/mol. The van der Waals surface area contributed by atoms with E-state index in [2.05, 4.69) is 6.92 Å². The second-order valence-corrected chi connectivity index (χ2v) is 6.13. The molecule has 4 heteroatoms. The summed E-state index contributed by atoms with van der Waals surface area (Å²) in [5, 5.41) is 0. The summed E-state index contributed by atoms with van der Waals surface area (Å²) in [6.07, 6.45) is 3.78. The molecule has 1 aromatic rings. The van der Waals surface area contributed by atoms with Gasteiger partial charge < -0.3 is 15.4 Å². The Balaban J connectivity index is 1.88. The highest BCUT2D eigenvalue weighted by Gasteiger charge is 2.42. The lowest BCUT2D eigenvalue weighted by Crippen LogP contribution is -2.58. The molecule has 0 saturated heterocycles. The second kappa shape index (κ2) is 5.09. The zero-order chi connectivity index (χ0) is 14.2. The minimum absolute atomic E-state index is 0.0554. The van der Waals surface area contributed by atoms with E-state index in [4.69, 9.17) is 10.5 Å². The fourth-order valence-corrected chi connectivity index (χ4v) is 3.44. The fourth-order valence-electron chi connectivity index (χ4n) is 3.44. The van der Waals surface area contributed by atoms with Crippen molar-refractivity contribution < 1.29 is 9.53 Å². The van der Waals surface area contributed by atoms with Gasteiger partial charge in [-0.2, -0.15) is 0 Å². The van der Waals surface area contributed by atoms with Crippen LogP contribution in [0.15, 0.2) is 24.3 Å². The third kappa shape index (κ3) is 2.29. The SMILES string of the molecule is CC1CCCC(N)(C(=O)N2CCOc3ccccc32)C1. The number of amides is 1. The van der Waals surface area contributed by atoms with Crippen LogP contribution in [-0.4, -0.2) is 24.6 Å². The first kappa shape index (κ1) is 13.4. The van der Waals surface area contributed by atoms with E-state index < -0.39 is 5.54 Å². The number of nitrogens with two attached hydrogens (primary N) is 1. The Bertz CT molecular complexity index is 517. The van der Waals surface area contributed by atoms with Crippen LogP contribution < -0.4 is 15.4 Å². The summed E-state index contributed by atoms with van der Waals surface area (Å²) in [5.41, 5.74) is 6.60. The zero-order valence-electron chi connectivity index (χ0n) is 12.0. The summed E-state index contributed by atoms with van der Waals surface area (Å²) < 4.78 is 5.61. The van der Waals surface area contributed by atoms with Gasteiger partial charge in [-0.05, 0) is 30.9 Å². The number of anilines is 1. The highest BCUT2D eigenvalue weighted by Crippen LogP contribution is 2.36. The molecule has 0 radical (unpaired) electrons. The summed E-state index contributed by atoms with van der Waals surface area (Å²) >= 11 is 0. The molecular formula is C16H22N2O2. The zero-order valence-corrected chi connectivity index (χ0v) is 12.0. The summed E-state index contributed by atoms with van der Waals surface area (Å²) in [5.74, 6) is 1.35. The molecule has 2 aliphatic rings. The van der Waals surface area contributed by atoms with Gasteiger partial charge in [0.2, 0.25) is 5.91 Å². The maximum absolute atomic E-state index is 12.9. The van der Waals surface area contributed by atoms with E-state index in [-0.39, 0.29) is 5.91 Å². The van der Waals surface area contributed by atoms with Gasteiger partial charge in [0.15, 0.2) is 0 Å². The first-order valence-electron chi connectivity index (χ1n) is 7.43. The van der Waals surface area contributed by atoms with Crippen LogP contribution in [0.5, 0.6) is 5.75 Å². The lowest BCUT2D eigenvalue weighted by atomic mass is 9.76. The molecule has 3 rings (SSSR count). The number of ether oxygens (including phenoxy) is 1. The molecule has 0 aromatic heterocycles. The quantitative estimate of drug-likeness (QED) is 0.855. The Hall–Kier alpha value is -1.55. The normalized spacial score (nSPS) is 29.5. The number of benzene rings is 1. The number of carbonyl (C=O) groups is 1. The maximum atomic E-state index is 12.9. The van der Waals surface area contributed by atoms with Crippen molar-refractivity contribution in [3.63, 3.8) is 0 Å². The van der Waals surface area contributed by atoms with E-state index in [1.807, 2.05) is 29.2 Å². The molecule has 1 saturated carbocycles. The molecule has 20 heavy (non-hydrogen) atoms. The van der Waals surface area contributed by atoms with Crippen LogP contribution in [0.25, 0.3) is 0 Å². The van der Waals surface area contributed by atoms with Crippen molar-refractivity contribution >= 4 is 11.6 Å². The molecule has 2 unspecified atom stereocenters. The Labute approximate surface area is 119 Å². The van der Waals surface area contributed by atoms with Gasteiger partial charge in [0.1, 0.15) is 12.4 Å². The minimum Gasteiger partial charge on any atom is -0.490 e. The van der Waals surface area contributed by atoms with E-state index in [0.717, 1.165) is 30.7 Å². The number of rotatable bonds is 1. The molecule has 2 atom stereocenters. The Morgan fingerprint density at radius 1 is 1.45 bits per heavy atom. The number of fused-ring (bicyclic) bond motifs is 1. The highest BCUT2D eigenvalue weighted by atomic mass is 16.5. The predicted octanol–water partition coefficient (Wildman–Crippen LogP) is 2.32. The summed E-state index contributed by atoms with van der Waals surface area (Å²) in [4.78, 5) is 14.7. The van der Waals surface area contributed by atoms with Crippen molar-refractivity contribution in [1.82, 2.24) is 0 Å². The molecule has 0 spiro atoms. The van der Waals surface area contributed by atoms with Gasteiger partial charge in [-0.15, -0.1) is 0 Å². The maximum Gasteiger partial charge on any atom is 0.247 e. The molecule has 1 aliphatic carbocycles. The molecule has 4 nitrogen and oxygen atoms in total. The van der Waals surface area contributed by atoms with E-state index in [9.17, 15) is 4.79 Å². The highest BCUT2D eigenvalue weighted by molar-refractivity contribution is 6.01.